The van der Waals surface area contributed by atoms with Crippen molar-refractivity contribution in [3.63, 3.8) is 0 Å². The van der Waals surface area contributed by atoms with Crippen molar-refractivity contribution in [1.29, 1.82) is 0 Å². The Balaban J connectivity index is 0.000000185. The van der Waals surface area contributed by atoms with Crippen LogP contribution in [0.15, 0.2) is 73.8 Å². The predicted molar refractivity (Wildman–Crippen MR) is 153 cm³/mol. The summed E-state index contributed by atoms with van der Waals surface area (Å²) in [5.74, 6) is 1.22. The Kier molecular flexibility index (Phi) is 9.28. The Morgan fingerprint density at radius 3 is 2.05 bits per heavy atom. The van der Waals surface area contributed by atoms with E-state index in [0.29, 0.717) is 28.3 Å². The number of carbonyl (C=O) groups excluding carboxylic acids is 1. The normalized spacial score (nSPS) is 16.3. The second kappa shape index (κ2) is 12.5. The first kappa shape index (κ1) is 29.7. The summed E-state index contributed by atoms with van der Waals surface area (Å²) in [7, 11) is 0. The second-order valence-corrected chi connectivity index (χ2v) is 11.9. The third kappa shape index (κ3) is 7.47. The van der Waals surface area contributed by atoms with Gasteiger partial charge in [0.1, 0.15) is 36.7 Å². The molecule has 2 heterocycles. The summed E-state index contributed by atoms with van der Waals surface area (Å²) >= 11 is 11.8. The number of benzene rings is 2. The van der Waals surface area contributed by atoms with Gasteiger partial charge < -0.3 is 9.84 Å². The molecule has 0 spiro atoms. The summed E-state index contributed by atoms with van der Waals surface area (Å²) in [5.41, 5.74) is -0.612. The van der Waals surface area contributed by atoms with Gasteiger partial charge in [-0.25, -0.2) is 19.3 Å². The average molecular weight is 586 g/mol. The highest BCUT2D eigenvalue weighted by atomic mass is 35.5. The van der Waals surface area contributed by atoms with Gasteiger partial charge >= 0.3 is 0 Å². The van der Waals surface area contributed by atoms with Crippen molar-refractivity contribution in [2.45, 2.75) is 58.9 Å². The van der Waals surface area contributed by atoms with E-state index < -0.39 is 17.2 Å². The Morgan fingerprint density at radius 2 is 1.55 bits per heavy atom. The largest absolute Gasteiger partial charge is 0.461 e. The maximum absolute atomic E-state index is 12.5. The highest BCUT2D eigenvalue weighted by Gasteiger charge is 2.44. The van der Waals surface area contributed by atoms with Gasteiger partial charge in [-0.1, -0.05) is 63.0 Å². The maximum atomic E-state index is 12.5. The Hall–Kier alpha value is -3.27. The molecular formula is C29H34Cl2N6O3. The first-order chi connectivity index (χ1) is 19.0. The summed E-state index contributed by atoms with van der Waals surface area (Å²) in [6.07, 6.45) is 7.49. The van der Waals surface area contributed by atoms with Crippen molar-refractivity contribution in [2.75, 3.05) is 0 Å². The number of hydrogen-bond acceptors (Lipinski definition) is 7. The lowest BCUT2D eigenvalue weighted by atomic mass is 9.79. The smallest absolute Gasteiger partial charge is 0.252 e. The number of halogens is 2. The molecule has 1 saturated carbocycles. The van der Waals surface area contributed by atoms with Gasteiger partial charge in [0, 0.05) is 15.5 Å². The SMILES string of the molecule is CC(C)(C)C(=O)C(Oc1ccc(Cl)cc1)n1cncn1.CC(C1CC1)C(O)(Cn1cncn1)c1ccc(Cl)cc1. The molecule has 1 aliphatic rings. The number of aromatic nitrogens is 6. The fraction of sp³-hybridized carbons (Fsp3) is 0.414. The van der Waals surface area contributed by atoms with Crippen molar-refractivity contribution in [1.82, 2.24) is 29.5 Å². The van der Waals surface area contributed by atoms with Crippen molar-refractivity contribution < 1.29 is 14.6 Å². The number of rotatable bonds is 9. The Labute approximate surface area is 244 Å². The highest BCUT2D eigenvalue weighted by Crippen LogP contribution is 2.46. The molecule has 0 bridgehead atoms. The topological polar surface area (TPSA) is 108 Å². The van der Waals surface area contributed by atoms with E-state index in [1.165, 1.54) is 36.5 Å². The van der Waals surface area contributed by atoms with Crippen molar-refractivity contribution in [2.24, 2.45) is 17.3 Å². The van der Waals surface area contributed by atoms with Gasteiger partial charge in [-0.15, -0.1) is 0 Å². The standard InChI is InChI=1S/C15H18ClN3O.C14H16ClN3O2/c1-11(12-2-3-12)15(20,8-19-10-17-9-18-19)13-4-6-14(16)7-5-13;1-14(2,3)12(19)13(18-9-16-8-17-18)20-11-6-4-10(15)5-7-11/h4-7,9-12,20H,2-3,8H2,1H3;4-9,13H,1-3H3. The van der Waals surface area contributed by atoms with E-state index in [2.05, 4.69) is 27.1 Å². The molecule has 1 aliphatic carbocycles. The molecule has 0 saturated heterocycles. The quantitative estimate of drug-likeness (QED) is 0.257. The maximum Gasteiger partial charge on any atom is 0.252 e. The number of nitrogens with zero attached hydrogens (tertiary/aromatic N) is 6. The Morgan fingerprint density at radius 1 is 0.975 bits per heavy atom. The van der Waals surface area contributed by atoms with Gasteiger partial charge in [-0.05, 0) is 66.6 Å². The highest BCUT2D eigenvalue weighted by molar-refractivity contribution is 6.30. The van der Waals surface area contributed by atoms with Crippen LogP contribution in [0.3, 0.4) is 0 Å². The van der Waals surface area contributed by atoms with Crippen molar-refractivity contribution in [3.8, 4) is 5.75 Å². The van der Waals surface area contributed by atoms with Gasteiger partial charge in [0.15, 0.2) is 0 Å². The van der Waals surface area contributed by atoms with E-state index in [4.69, 9.17) is 27.9 Å². The number of hydrogen-bond donors (Lipinski definition) is 1. The molecule has 11 heteroatoms. The second-order valence-electron chi connectivity index (χ2n) is 11.1. The lowest BCUT2D eigenvalue weighted by Crippen LogP contribution is -2.39. The molecule has 2 aromatic carbocycles. The third-order valence-corrected chi connectivity index (χ3v) is 7.50. The van der Waals surface area contributed by atoms with Gasteiger partial charge in [0.05, 0.1) is 6.54 Å². The van der Waals surface area contributed by atoms with Crippen LogP contribution >= 0.6 is 23.2 Å². The summed E-state index contributed by atoms with van der Waals surface area (Å²) in [5, 5.41) is 20.7. The number of Topliss-reactive ketones (excluding diaryl/α,β-unsaturated/α-hetero) is 1. The van der Waals surface area contributed by atoms with E-state index in [1.807, 2.05) is 45.0 Å². The van der Waals surface area contributed by atoms with Crippen LogP contribution in [0, 0.1) is 17.3 Å². The van der Waals surface area contributed by atoms with E-state index in [-0.39, 0.29) is 11.7 Å². The molecule has 5 rings (SSSR count). The molecular weight excluding hydrogens is 551 g/mol. The molecule has 1 fully saturated rings. The molecule has 4 aromatic rings. The minimum absolute atomic E-state index is 0.0852. The fourth-order valence-electron chi connectivity index (χ4n) is 4.36. The molecule has 9 nitrogen and oxygen atoms in total. The van der Waals surface area contributed by atoms with Gasteiger partial charge in [0.25, 0.3) is 6.23 Å². The molecule has 0 amide bonds. The van der Waals surface area contributed by atoms with Crippen LogP contribution in [0.1, 0.15) is 52.3 Å². The monoisotopic (exact) mass is 584 g/mol. The molecule has 2 aromatic heterocycles. The van der Waals surface area contributed by atoms with Gasteiger partial charge in [0.2, 0.25) is 5.78 Å². The molecule has 212 valence electrons. The lowest BCUT2D eigenvalue weighted by Gasteiger charge is -2.35. The van der Waals surface area contributed by atoms with Crippen LogP contribution in [0.4, 0.5) is 0 Å². The molecule has 1 N–H and O–H groups in total. The molecule has 40 heavy (non-hydrogen) atoms. The fourth-order valence-corrected chi connectivity index (χ4v) is 4.61. The zero-order valence-electron chi connectivity index (χ0n) is 23.0. The Bertz CT molecular complexity index is 1350. The van der Waals surface area contributed by atoms with Crippen LogP contribution in [0.2, 0.25) is 10.0 Å². The lowest BCUT2D eigenvalue weighted by molar-refractivity contribution is -0.138. The summed E-state index contributed by atoms with van der Waals surface area (Å²) in [4.78, 5) is 20.3. The number of ketones is 1. The molecule has 0 radical (unpaired) electrons. The summed E-state index contributed by atoms with van der Waals surface area (Å²) in [6.45, 7) is 8.04. The molecule has 3 atom stereocenters. The van der Waals surface area contributed by atoms with Crippen LogP contribution in [-0.2, 0) is 16.9 Å². The minimum Gasteiger partial charge on any atom is -0.461 e. The van der Waals surface area contributed by atoms with Crippen molar-refractivity contribution in [3.05, 3.63) is 89.4 Å². The van der Waals surface area contributed by atoms with Gasteiger partial charge in [-0.2, -0.15) is 10.2 Å². The zero-order valence-corrected chi connectivity index (χ0v) is 24.5. The molecule has 0 aliphatic heterocycles. The molecule has 3 unspecified atom stereocenters. The van der Waals surface area contributed by atoms with Crippen LogP contribution in [-0.4, -0.2) is 40.4 Å². The summed E-state index contributed by atoms with van der Waals surface area (Å²) < 4.78 is 8.85. The number of ether oxygens (including phenoxy) is 1. The predicted octanol–water partition coefficient (Wildman–Crippen LogP) is 5.99. The third-order valence-electron chi connectivity index (χ3n) is 7.00. The van der Waals surface area contributed by atoms with Crippen molar-refractivity contribution >= 4 is 29.0 Å². The summed E-state index contributed by atoms with van der Waals surface area (Å²) in [6, 6.07) is 14.3. The van der Waals surface area contributed by atoms with Crippen LogP contribution in [0.5, 0.6) is 5.75 Å². The van der Waals surface area contributed by atoms with E-state index in [0.717, 1.165) is 5.56 Å². The van der Waals surface area contributed by atoms with Gasteiger partial charge in [-0.3, -0.25) is 4.79 Å². The number of aliphatic hydroxyl groups is 1. The minimum atomic E-state index is -0.945. The van der Waals surface area contributed by atoms with E-state index in [1.54, 1.807) is 35.3 Å². The van der Waals surface area contributed by atoms with Crippen LogP contribution < -0.4 is 4.74 Å². The van der Waals surface area contributed by atoms with Crippen LogP contribution in [0.25, 0.3) is 0 Å². The van der Waals surface area contributed by atoms with E-state index >= 15 is 0 Å². The zero-order chi connectivity index (χ0) is 28.9. The number of carbonyl (C=O) groups is 1. The first-order valence-electron chi connectivity index (χ1n) is 13.1. The average Bonchev–Trinajstić information content (AvgIpc) is 3.37. The van der Waals surface area contributed by atoms with E-state index in [9.17, 15) is 9.90 Å². The first-order valence-corrected chi connectivity index (χ1v) is 13.8.